The fourth-order valence-corrected chi connectivity index (χ4v) is 3.05. The summed E-state index contributed by atoms with van der Waals surface area (Å²) in [6, 6.07) is 9.90. The molecule has 1 aliphatic rings. The summed E-state index contributed by atoms with van der Waals surface area (Å²) in [5.74, 6) is 0.658. The molecule has 1 saturated carbocycles. The molecule has 1 atom stereocenters. The number of amides is 1. The topological polar surface area (TPSA) is 49.3 Å². The van der Waals surface area contributed by atoms with E-state index in [4.69, 9.17) is 0 Å². The van der Waals surface area contributed by atoms with Gasteiger partial charge in [-0.15, -0.1) is 0 Å². The second-order valence-electron chi connectivity index (χ2n) is 5.56. The summed E-state index contributed by atoms with van der Waals surface area (Å²) in [4.78, 5) is 12.3. The van der Waals surface area contributed by atoms with Crippen molar-refractivity contribution >= 4 is 17.7 Å². The molecule has 0 aliphatic heterocycles. The first-order valence-electron chi connectivity index (χ1n) is 6.55. The molecule has 0 bridgehead atoms. The van der Waals surface area contributed by atoms with E-state index < -0.39 is 5.60 Å². The van der Waals surface area contributed by atoms with Crippen molar-refractivity contribution in [3.63, 3.8) is 0 Å². The zero-order valence-electron chi connectivity index (χ0n) is 11.5. The Morgan fingerprint density at radius 1 is 1.42 bits per heavy atom. The maximum atomic E-state index is 12.3. The van der Waals surface area contributed by atoms with Crippen molar-refractivity contribution in [2.24, 2.45) is 0 Å². The van der Waals surface area contributed by atoms with Crippen LogP contribution in [0.2, 0.25) is 0 Å². The monoisotopic (exact) mass is 279 g/mol. The number of nitrogens with one attached hydrogen (secondary N) is 1. The number of benzene rings is 1. The molecule has 1 aromatic rings. The smallest absolute Gasteiger partial charge is 0.230 e. The first kappa shape index (κ1) is 14.4. The molecule has 3 nitrogen and oxygen atoms in total. The third-order valence-electron chi connectivity index (χ3n) is 3.60. The number of hydrogen-bond acceptors (Lipinski definition) is 3. The highest BCUT2D eigenvalue weighted by molar-refractivity contribution is 7.98. The van der Waals surface area contributed by atoms with Crippen molar-refractivity contribution in [1.29, 1.82) is 0 Å². The summed E-state index contributed by atoms with van der Waals surface area (Å²) in [6.45, 7) is 2.06. The predicted molar refractivity (Wildman–Crippen MR) is 79.4 cm³/mol. The van der Waals surface area contributed by atoms with Crippen LogP contribution in [0.4, 0.5) is 0 Å². The van der Waals surface area contributed by atoms with Crippen molar-refractivity contribution in [3.05, 3.63) is 35.9 Å². The molecule has 1 fully saturated rings. The number of carbonyl (C=O) groups excluding carboxylic acids is 1. The van der Waals surface area contributed by atoms with Gasteiger partial charge < -0.3 is 10.4 Å². The lowest BCUT2D eigenvalue weighted by molar-refractivity contribution is -0.124. The molecule has 1 amide bonds. The van der Waals surface area contributed by atoms with Gasteiger partial charge in [0.05, 0.1) is 11.0 Å². The van der Waals surface area contributed by atoms with Crippen LogP contribution in [0.5, 0.6) is 0 Å². The average molecular weight is 279 g/mol. The third-order valence-corrected chi connectivity index (χ3v) is 4.51. The summed E-state index contributed by atoms with van der Waals surface area (Å²) in [7, 11) is 0. The standard InChI is InChI=1S/C15H21NO2S/c1-14(18,11-19-2)10-16-13(17)15(8-9-15)12-6-4-3-5-7-12/h3-7,18H,8-11H2,1-2H3,(H,16,17). The van der Waals surface area contributed by atoms with Crippen LogP contribution >= 0.6 is 11.8 Å². The molecule has 19 heavy (non-hydrogen) atoms. The van der Waals surface area contributed by atoms with Gasteiger partial charge in [-0.25, -0.2) is 0 Å². The highest BCUT2D eigenvalue weighted by Crippen LogP contribution is 2.48. The molecule has 2 N–H and O–H groups in total. The van der Waals surface area contributed by atoms with Crippen molar-refractivity contribution in [2.45, 2.75) is 30.8 Å². The largest absolute Gasteiger partial charge is 0.387 e. The highest BCUT2D eigenvalue weighted by atomic mass is 32.2. The summed E-state index contributed by atoms with van der Waals surface area (Å²) < 4.78 is 0. The van der Waals surface area contributed by atoms with Crippen LogP contribution < -0.4 is 5.32 Å². The summed E-state index contributed by atoms with van der Waals surface area (Å²) >= 11 is 1.58. The molecule has 0 spiro atoms. The van der Waals surface area contributed by atoms with Crippen LogP contribution in [0.1, 0.15) is 25.3 Å². The van der Waals surface area contributed by atoms with Gasteiger partial charge in [0.25, 0.3) is 0 Å². The molecule has 1 aromatic carbocycles. The van der Waals surface area contributed by atoms with Crippen molar-refractivity contribution in [2.75, 3.05) is 18.6 Å². The fourth-order valence-electron chi connectivity index (χ4n) is 2.33. The van der Waals surface area contributed by atoms with E-state index in [2.05, 4.69) is 5.32 Å². The lowest BCUT2D eigenvalue weighted by Crippen LogP contribution is -2.45. The van der Waals surface area contributed by atoms with Crippen molar-refractivity contribution < 1.29 is 9.90 Å². The minimum absolute atomic E-state index is 0.0417. The molecule has 0 radical (unpaired) electrons. The fraction of sp³-hybridized carbons (Fsp3) is 0.533. The number of carbonyl (C=O) groups is 1. The number of hydrogen-bond donors (Lipinski definition) is 2. The van der Waals surface area contributed by atoms with Gasteiger partial charge >= 0.3 is 0 Å². The average Bonchev–Trinajstić information content (AvgIpc) is 3.19. The van der Waals surface area contributed by atoms with E-state index in [0.29, 0.717) is 12.3 Å². The van der Waals surface area contributed by atoms with Crippen LogP contribution in [0, 0.1) is 0 Å². The summed E-state index contributed by atoms with van der Waals surface area (Å²) in [5.41, 5.74) is -0.115. The Balaban J connectivity index is 1.98. The van der Waals surface area contributed by atoms with Crippen LogP contribution in [0.3, 0.4) is 0 Å². The Bertz CT molecular complexity index is 441. The van der Waals surface area contributed by atoms with E-state index in [-0.39, 0.29) is 11.3 Å². The molecule has 0 heterocycles. The van der Waals surface area contributed by atoms with Gasteiger partial charge in [0, 0.05) is 12.3 Å². The Morgan fingerprint density at radius 2 is 2.05 bits per heavy atom. The molecule has 1 aliphatic carbocycles. The van der Waals surface area contributed by atoms with Crippen LogP contribution in [0.15, 0.2) is 30.3 Å². The van der Waals surface area contributed by atoms with Gasteiger partial charge in [0.1, 0.15) is 0 Å². The Kier molecular flexibility index (Phi) is 4.21. The Labute approximate surface area is 118 Å². The van der Waals surface area contributed by atoms with E-state index in [9.17, 15) is 9.90 Å². The van der Waals surface area contributed by atoms with Crippen molar-refractivity contribution in [1.82, 2.24) is 5.32 Å². The van der Waals surface area contributed by atoms with Crippen molar-refractivity contribution in [3.8, 4) is 0 Å². The zero-order valence-corrected chi connectivity index (χ0v) is 12.3. The summed E-state index contributed by atoms with van der Waals surface area (Å²) in [6.07, 6.45) is 3.74. The van der Waals surface area contributed by atoms with Gasteiger partial charge in [0.2, 0.25) is 5.91 Å². The molecule has 4 heteroatoms. The lowest BCUT2D eigenvalue weighted by Gasteiger charge is -2.24. The van der Waals surface area contributed by atoms with E-state index in [0.717, 1.165) is 18.4 Å². The Morgan fingerprint density at radius 3 is 2.58 bits per heavy atom. The van der Waals surface area contributed by atoms with E-state index >= 15 is 0 Å². The Hall–Kier alpha value is -1.00. The normalized spacial score (nSPS) is 19.5. The second-order valence-corrected chi connectivity index (χ2v) is 6.43. The lowest BCUT2D eigenvalue weighted by atomic mass is 9.95. The van der Waals surface area contributed by atoms with Gasteiger partial charge in [-0.05, 0) is 31.6 Å². The van der Waals surface area contributed by atoms with E-state index in [1.165, 1.54) is 0 Å². The van der Waals surface area contributed by atoms with E-state index in [1.54, 1.807) is 18.7 Å². The molecule has 1 unspecified atom stereocenters. The minimum atomic E-state index is -0.845. The van der Waals surface area contributed by atoms with Crippen LogP contribution in [0.25, 0.3) is 0 Å². The minimum Gasteiger partial charge on any atom is -0.387 e. The molecular weight excluding hydrogens is 258 g/mol. The first-order valence-corrected chi connectivity index (χ1v) is 7.95. The molecule has 2 rings (SSSR count). The van der Waals surface area contributed by atoms with Gasteiger partial charge in [0.15, 0.2) is 0 Å². The van der Waals surface area contributed by atoms with Gasteiger partial charge in [-0.1, -0.05) is 30.3 Å². The summed E-state index contributed by atoms with van der Waals surface area (Å²) in [5, 5.41) is 13.0. The number of aliphatic hydroxyl groups is 1. The molecular formula is C15H21NO2S. The maximum Gasteiger partial charge on any atom is 0.230 e. The quantitative estimate of drug-likeness (QED) is 0.837. The predicted octanol–water partition coefficient (Wildman–Crippen LogP) is 1.95. The highest BCUT2D eigenvalue weighted by Gasteiger charge is 2.51. The van der Waals surface area contributed by atoms with Gasteiger partial charge in [-0.2, -0.15) is 11.8 Å². The van der Waals surface area contributed by atoms with Crippen LogP contribution in [-0.4, -0.2) is 35.2 Å². The number of rotatable bonds is 6. The third kappa shape index (κ3) is 3.31. The molecule has 104 valence electrons. The second kappa shape index (κ2) is 5.55. The molecule has 0 aromatic heterocycles. The van der Waals surface area contributed by atoms with Gasteiger partial charge in [-0.3, -0.25) is 4.79 Å². The molecule has 0 saturated heterocycles. The SMILES string of the molecule is CSCC(C)(O)CNC(=O)C1(c2ccccc2)CC1. The van der Waals surface area contributed by atoms with E-state index in [1.807, 2.05) is 36.6 Å². The van der Waals surface area contributed by atoms with Crippen LogP contribution in [-0.2, 0) is 10.2 Å². The zero-order chi connectivity index (χ0) is 13.9. The number of thioether (sulfide) groups is 1. The maximum absolute atomic E-state index is 12.3. The first-order chi connectivity index (χ1) is 9.00.